The lowest BCUT2D eigenvalue weighted by molar-refractivity contribution is 0.0342. The summed E-state index contributed by atoms with van der Waals surface area (Å²) in [7, 11) is -0.960. The van der Waals surface area contributed by atoms with E-state index in [2.05, 4.69) is 16.5 Å². The third kappa shape index (κ3) is 3.65. The van der Waals surface area contributed by atoms with E-state index in [-0.39, 0.29) is 17.5 Å². The summed E-state index contributed by atoms with van der Waals surface area (Å²) < 4.78 is 12.7. The van der Waals surface area contributed by atoms with Crippen molar-refractivity contribution in [3.63, 3.8) is 0 Å². The van der Waals surface area contributed by atoms with Crippen molar-refractivity contribution in [3.05, 3.63) is 40.5 Å². The van der Waals surface area contributed by atoms with E-state index in [9.17, 15) is 15.1 Å². The highest BCUT2D eigenvalue weighted by molar-refractivity contribution is 6.54. The minimum Gasteiger partial charge on any atom is -0.532 e. The highest BCUT2D eigenvalue weighted by Crippen LogP contribution is 2.35. The Kier molecular flexibility index (Phi) is 5.24. The van der Waals surface area contributed by atoms with Gasteiger partial charge >= 0.3 is 7.12 Å². The monoisotopic (exact) mass is 407 g/mol. The second-order valence-corrected chi connectivity index (χ2v) is 7.60. The van der Waals surface area contributed by atoms with Crippen molar-refractivity contribution >= 4 is 30.6 Å². The van der Waals surface area contributed by atoms with Gasteiger partial charge in [-0.05, 0) is 43.4 Å². The van der Waals surface area contributed by atoms with Crippen molar-refractivity contribution in [2.75, 3.05) is 18.5 Å². The number of nitrogens with two attached hydrogens (primary N) is 1. The first-order chi connectivity index (χ1) is 14.4. The molecule has 2 aliphatic heterocycles. The first-order valence-electron chi connectivity index (χ1n) is 9.68. The Morgan fingerprint density at radius 2 is 2.27 bits per heavy atom. The maximum atomic E-state index is 12.0. The molecule has 30 heavy (non-hydrogen) atoms. The quantitative estimate of drug-likeness (QED) is 0.659. The van der Waals surface area contributed by atoms with Gasteiger partial charge in [0.15, 0.2) is 5.82 Å². The first-order valence-corrected chi connectivity index (χ1v) is 9.68. The zero-order valence-corrected chi connectivity index (χ0v) is 16.8. The number of nitrogens with one attached hydrogen (secondary N) is 1. The zero-order valence-electron chi connectivity index (χ0n) is 16.8. The van der Waals surface area contributed by atoms with Gasteiger partial charge in [0.2, 0.25) is 0 Å². The fraction of sp³-hybridized carbons (Fsp3) is 0.350. The summed E-state index contributed by atoms with van der Waals surface area (Å²) >= 11 is 0. The Morgan fingerprint density at radius 1 is 1.47 bits per heavy atom. The molecule has 2 atom stereocenters. The molecule has 2 aromatic rings. The van der Waals surface area contributed by atoms with E-state index in [0.29, 0.717) is 42.4 Å². The molecule has 1 amide bonds. The van der Waals surface area contributed by atoms with Crippen LogP contribution in [0.15, 0.2) is 23.8 Å². The molecular weight excluding hydrogens is 385 g/mol. The number of benzene rings is 1. The lowest BCUT2D eigenvalue weighted by Crippen LogP contribution is -2.29. The minimum atomic E-state index is -0.960. The summed E-state index contributed by atoms with van der Waals surface area (Å²) in [5.41, 5.74) is 8.82. The molecule has 0 bridgehead atoms. The van der Waals surface area contributed by atoms with Gasteiger partial charge in [-0.15, -0.1) is 0 Å². The van der Waals surface area contributed by atoms with Crippen LogP contribution in [-0.2, 0) is 4.74 Å². The molecule has 4 rings (SSSR count). The highest BCUT2D eigenvalue weighted by atomic mass is 16.5. The Morgan fingerprint density at radius 3 is 3.00 bits per heavy atom. The number of fused-ring (bicyclic) bond motifs is 1. The van der Waals surface area contributed by atoms with E-state index in [1.807, 2.05) is 25.1 Å². The van der Waals surface area contributed by atoms with Crippen LogP contribution in [0.25, 0.3) is 6.08 Å². The number of hydrogen-bond donors (Lipinski definition) is 3. The van der Waals surface area contributed by atoms with Crippen molar-refractivity contribution in [2.24, 2.45) is 11.7 Å². The second kappa shape index (κ2) is 7.86. The van der Waals surface area contributed by atoms with Crippen molar-refractivity contribution in [2.45, 2.75) is 26.3 Å². The lowest BCUT2D eigenvalue weighted by atomic mass is 9.76. The molecule has 10 heteroatoms. The minimum absolute atomic E-state index is 0.228. The van der Waals surface area contributed by atoms with Crippen LogP contribution >= 0.6 is 0 Å². The predicted octanol–water partition coefficient (Wildman–Crippen LogP) is 1.95. The zero-order chi connectivity index (χ0) is 21.4. The molecule has 2 unspecified atom stereocenters. The van der Waals surface area contributed by atoms with Crippen molar-refractivity contribution < 1.29 is 19.2 Å². The molecule has 1 aromatic carbocycles. The molecule has 0 radical (unpaired) electrons. The molecule has 1 saturated heterocycles. The summed E-state index contributed by atoms with van der Waals surface area (Å²) in [5, 5.41) is 27.0. The maximum Gasteiger partial charge on any atom is 0.555 e. The van der Waals surface area contributed by atoms with Gasteiger partial charge in [0.05, 0.1) is 24.6 Å². The van der Waals surface area contributed by atoms with E-state index >= 15 is 0 Å². The number of ether oxygens (including phenoxy) is 1. The van der Waals surface area contributed by atoms with E-state index in [0.717, 1.165) is 11.1 Å². The van der Waals surface area contributed by atoms with Gasteiger partial charge in [-0.1, -0.05) is 6.08 Å². The summed E-state index contributed by atoms with van der Waals surface area (Å²) in [5.74, 6) is 0.0397. The third-order valence-electron chi connectivity index (χ3n) is 5.40. The normalized spacial score (nSPS) is 20.6. The molecule has 2 aliphatic rings. The van der Waals surface area contributed by atoms with E-state index < -0.39 is 13.0 Å². The Bertz CT molecular complexity index is 1070. The SMILES string of the molecule is CC1=Cc2cc(Nc3nn(C4COCCC4C#N)cc3C(N)=O)cc(C)c2OB1O. The fourth-order valence-corrected chi connectivity index (χ4v) is 3.77. The summed E-state index contributed by atoms with van der Waals surface area (Å²) in [6.45, 7) is 4.53. The number of aromatic nitrogens is 2. The fourth-order valence-electron chi connectivity index (χ4n) is 3.77. The molecule has 9 nitrogen and oxygen atoms in total. The van der Waals surface area contributed by atoms with E-state index in [1.54, 1.807) is 17.8 Å². The van der Waals surface area contributed by atoms with Crippen molar-refractivity contribution in [1.29, 1.82) is 5.26 Å². The van der Waals surface area contributed by atoms with Crippen LogP contribution in [-0.4, -0.2) is 41.0 Å². The van der Waals surface area contributed by atoms with E-state index in [1.165, 1.54) is 0 Å². The van der Waals surface area contributed by atoms with Crippen LogP contribution in [0.1, 0.15) is 40.9 Å². The third-order valence-corrected chi connectivity index (χ3v) is 5.40. The molecule has 0 saturated carbocycles. The molecule has 4 N–H and O–H groups in total. The second-order valence-electron chi connectivity index (χ2n) is 7.60. The van der Waals surface area contributed by atoms with Gasteiger partial charge in [0.25, 0.3) is 5.91 Å². The Hall–Kier alpha value is -3.29. The van der Waals surface area contributed by atoms with Crippen molar-refractivity contribution in [1.82, 2.24) is 9.78 Å². The number of anilines is 2. The average Bonchev–Trinajstić information content (AvgIpc) is 3.13. The van der Waals surface area contributed by atoms with Crippen LogP contribution in [0.4, 0.5) is 11.5 Å². The molecular formula is C20H22BN5O4. The number of primary amides is 1. The van der Waals surface area contributed by atoms with Gasteiger partial charge in [-0.25, -0.2) is 0 Å². The van der Waals surface area contributed by atoms with Gasteiger partial charge in [-0.3, -0.25) is 9.48 Å². The number of rotatable bonds is 4. The number of amides is 1. The van der Waals surface area contributed by atoms with Crippen LogP contribution in [0, 0.1) is 24.2 Å². The van der Waals surface area contributed by atoms with Crippen molar-refractivity contribution in [3.8, 4) is 11.8 Å². The number of nitriles is 1. The number of nitrogens with zero attached hydrogens (tertiary/aromatic N) is 3. The van der Waals surface area contributed by atoms with Crippen LogP contribution in [0.3, 0.4) is 0 Å². The summed E-state index contributed by atoms with van der Waals surface area (Å²) in [6.07, 6.45) is 4.02. The van der Waals surface area contributed by atoms with Gasteiger partial charge < -0.3 is 25.5 Å². The summed E-state index contributed by atoms with van der Waals surface area (Å²) in [4.78, 5) is 12.0. The standard InChI is InChI=1S/C20H22BN5O4/c1-11-5-15(7-14-6-12(2)21(28)30-18(11)14)24-20-16(19(23)27)9-26(25-20)17-10-29-4-3-13(17)8-22/h5-7,9,13,17,28H,3-4,10H2,1-2H3,(H2,23,27)(H,24,25). The van der Waals surface area contributed by atoms with Crippen LogP contribution < -0.4 is 15.7 Å². The van der Waals surface area contributed by atoms with Crippen LogP contribution in [0.5, 0.6) is 5.75 Å². The van der Waals surface area contributed by atoms with Gasteiger partial charge in [0, 0.05) is 24.1 Å². The number of carbonyl (C=O) groups is 1. The number of carbonyl (C=O) groups excluding carboxylic acids is 1. The van der Waals surface area contributed by atoms with Crippen LogP contribution in [0.2, 0.25) is 0 Å². The Balaban J connectivity index is 1.68. The molecule has 0 aliphatic carbocycles. The molecule has 1 fully saturated rings. The smallest absolute Gasteiger partial charge is 0.532 e. The lowest BCUT2D eigenvalue weighted by Gasteiger charge is -2.27. The predicted molar refractivity (Wildman–Crippen MR) is 111 cm³/mol. The van der Waals surface area contributed by atoms with Gasteiger partial charge in [0.1, 0.15) is 11.3 Å². The number of aryl methyl sites for hydroxylation is 1. The molecule has 154 valence electrons. The molecule has 1 aromatic heterocycles. The summed E-state index contributed by atoms with van der Waals surface area (Å²) in [6, 6.07) is 5.69. The topological polar surface area (TPSA) is 135 Å². The number of hydrogen-bond acceptors (Lipinski definition) is 7. The van der Waals surface area contributed by atoms with E-state index in [4.69, 9.17) is 15.1 Å². The Labute approximate surface area is 174 Å². The van der Waals surface area contributed by atoms with Gasteiger partial charge in [-0.2, -0.15) is 10.4 Å². The average molecular weight is 407 g/mol. The molecule has 3 heterocycles. The maximum absolute atomic E-state index is 12.0. The number of allylic oxidation sites excluding steroid dienone is 1. The first kappa shape index (κ1) is 20.0. The highest BCUT2D eigenvalue weighted by Gasteiger charge is 2.30. The largest absolute Gasteiger partial charge is 0.555 e. The molecule has 0 spiro atoms.